The Bertz CT molecular complexity index is 180. The van der Waals surface area contributed by atoms with E-state index in [0.29, 0.717) is 0 Å². The largest absolute Gasteiger partial charge is 2.00 e. The predicted octanol–water partition coefficient (Wildman–Crippen LogP) is 1.54. The molecular weight excluding hydrogens is 312 g/mol. The molecule has 0 amide bonds. The van der Waals surface area contributed by atoms with Crippen LogP contribution in [0.25, 0.3) is 0 Å². The summed E-state index contributed by atoms with van der Waals surface area (Å²) >= 11 is 0. The first-order chi connectivity index (χ1) is 9.00. The van der Waals surface area contributed by atoms with E-state index < -0.39 is 0 Å². The Kier molecular flexibility index (Phi) is 43.1. The van der Waals surface area contributed by atoms with E-state index in [1.807, 2.05) is 0 Å². The number of ether oxygens (including phenoxy) is 2. The normalized spacial score (nSPS) is 7.81. The molecule has 21 heavy (non-hydrogen) atoms. The van der Waals surface area contributed by atoms with Crippen LogP contribution in [0.3, 0.4) is 0 Å². The van der Waals surface area contributed by atoms with Crippen LogP contribution in [0.4, 0.5) is 0 Å². The Morgan fingerprint density at radius 3 is 1.00 bits per heavy atom. The second kappa shape index (κ2) is 27.8. The van der Waals surface area contributed by atoms with Crippen molar-refractivity contribution in [3.8, 4) is 0 Å². The summed E-state index contributed by atoms with van der Waals surface area (Å²) in [7, 11) is 0. The van der Waals surface area contributed by atoms with Gasteiger partial charge in [0.1, 0.15) is 0 Å². The third-order valence-corrected chi connectivity index (χ3v) is 0.611. The van der Waals surface area contributed by atoms with Gasteiger partial charge in [-0.25, -0.2) is 0 Å². The summed E-state index contributed by atoms with van der Waals surface area (Å²) < 4.78 is 8.58. The maximum atomic E-state index is 9.78. The van der Waals surface area contributed by atoms with Gasteiger partial charge in [-0.2, -0.15) is 0 Å². The van der Waals surface area contributed by atoms with E-state index in [9.17, 15) is 9.59 Å². The number of aliphatic hydroxyl groups is 2. The number of hydrogen-bond acceptors (Lipinski definition) is 6. The summed E-state index contributed by atoms with van der Waals surface area (Å²) in [6.45, 7) is 16.6. The second-order valence-electron chi connectivity index (χ2n) is 3.87. The summed E-state index contributed by atoms with van der Waals surface area (Å²) in [6, 6.07) is 0. The Labute approximate surface area is 144 Å². The Balaban J connectivity index is -0.0000000544. The smallest absolute Gasteiger partial charge is 0.499 e. The molecule has 0 radical (unpaired) electrons. The van der Waals surface area contributed by atoms with Crippen LogP contribution in [0, 0.1) is 13.8 Å². The summed E-state index contributed by atoms with van der Waals surface area (Å²) in [6.07, 6.45) is -0.333. The molecule has 0 heterocycles. The fourth-order valence-electron chi connectivity index (χ4n) is 0.287. The first kappa shape index (κ1) is 32.5. The van der Waals surface area contributed by atoms with Crippen molar-refractivity contribution in [3.05, 3.63) is 13.8 Å². The van der Waals surface area contributed by atoms with Crippen molar-refractivity contribution in [1.82, 2.24) is 0 Å². The number of hydrogen-bond donors (Lipinski definition) is 2. The quantitative estimate of drug-likeness (QED) is 0.449. The third-order valence-electron chi connectivity index (χ3n) is 0.611. The molecule has 2 N–H and O–H groups in total. The van der Waals surface area contributed by atoms with Gasteiger partial charge in [-0.15, -0.1) is 0 Å². The van der Waals surface area contributed by atoms with Gasteiger partial charge in [0.2, 0.25) is 0 Å². The van der Waals surface area contributed by atoms with Gasteiger partial charge in [-0.1, -0.05) is 0 Å². The third kappa shape index (κ3) is 195. The van der Waals surface area contributed by atoms with Crippen molar-refractivity contribution in [2.45, 2.75) is 53.8 Å². The Morgan fingerprint density at radius 2 is 1.00 bits per heavy atom. The van der Waals surface area contributed by atoms with Gasteiger partial charge in [-0.05, 0) is 40.9 Å². The molecule has 0 bridgehead atoms. The van der Waals surface area contributed by atoms with Gasteiger partial charge in [0.25, 0.3) is 11.9 Å². The summed E-state index contributed by atoms with van der Waals surface area (Å²) in [5.41, 5.74) is 0. The van der Waals surface area contributed by atoms with Gasteiger partial charge in [0.15, 0.2) is 0 Å². The molecule has 6 nitrogen and oxygen atoms in total. The van der Waals surface area contributed by atoms with Crippen LogP contribution in [0.2, 0.25) is 0 Å². The summed E-state index contributed by atoms with van der Waals surface area (Å²) in [5, 5.41) is 16.1. The van der Waals surface area contributed by atoms with Crippen LogP contribution >= 0.6 is 0 Å². The fourth-order valence-corrected chi connectivity index (χ4v) is 0.287. The first-order valence-electron chi connectivity index (χ1n) is 6.22. The zero-order valence-electron chi connectivity index (χ0n) is 14.0. The van der Waals surface area contributed by atoms with Crippen molar-refractivity contribution in [1.29, 1.82) is 0 Å². The van der Waals surface area contributed by atoms with E-state index in [4.69, 9.17) is 10.2 Å². The SMILES string of the molecule is CC(C)O.CC(C)O.[CH2-]COC(C)=O.[CH2-]COC(C)=O.[Ti+2]. The van der Waals surface area contributed by atoms with Crippen LogP contribution in [-0.2, 0) is 40.8 Å². The van der Waals surface area contributed by atoms with E-state index >= 15 is 0 Å². The van der Waals surface area contributed by atoms with Crippen molar-refractivity contribution in [2.24, 2.45) is 0 Å². The maximum absolute atomic E-state index is 9.78. The molecule has 126 valence electrons. The van der Waals surface area contributed by atoms with Gasteiger partial charge < -0.3 is 33.5 Å². The minimum absolute atomic E-state index is 0. The van der Waals surface area contributed by atoms with E-state index in [-0.39, 0.29) is 59.1 Å². The number of rotatable bonds is 2. The van der Waals surface area contributed by atoms with Gasteiger partial charge >= 0.3 is 21.7 Å². The molecule has 7 heteroatoms. The molecule has 0 aromatic carbocycles. The van der Waals surface area contributed by atoms with Crippen molar-refractivity contribution < 1.29 is 51.0 Å². The average Bonchev–Trinajstić information content (AvgIpc) is 2.15. The molecule has 0 rings (SSSR count). The van der Waals surface area contributed by atoms with E-state index in [0.717, 1.165) is 0 Å². The van der Waals surface area contributed by atoms with Crippen LogP contribution in [0.5, 0.6) is 0 Å². The number of carbonyl (C=O) groups is 2. The molecule has 0 fully saturated rings. The molecule has 0 atom stereocenters. The van der Waals surface area contributed by atoms with Crippen LogP contribution < -0.4 is 0 Å². The van der Waals surface area contributed by atoms with E-state index in [1.165, 1.54) is 13.8 Å². The van der Waals surface area contributed by atoms with Gasteiger partial charge in [0, 0.05) is 26.1 Å². The van der Waals surface area contributed by atoms with Gasteiger partial charge in [-0.3, -0.25) is 9.59 Å². The number of esters is 2. The summed E-state index contributed by atoms with van der Waals surface area (Å²) in [4.78, 5) is 19.6. The molecule has 0 aliphatic heterocycles. The maximum Gasteiger partial charge on any atom is 2.00 e. The molecule has 0 spiro atoms. The minimum Gasteiger partial charge on any atom is -0.499 e. The molecule has 0 aliphatic carbocycles. The first-order valence-corrected chi connectivity index (χ1v) is 6.22. The molecule has 0 saturated carbocycles. The average molecular weight is 342 g/mol. The van der Waals surface area contributed by atoms with Crippen LogP contribution in [-0.4, -0.2) is 47.6 Å². The number of carbonyl (C=O) groups excluding carboxylic acids is 2. The monoisotopic (exact) mass is 342 g/mol. The van der Waals surface area contributed by atoms with Crippen molar-refractivity contribution >= 4 is 11.9 Å². The predicted molar refractivity (Wildman–Crippen MR) is 78.7 cm³/mol. The van der Waals surface area contributed by atoms with Crippen LogP contribution in [0.15, 0.2) is 0 Å². The summed E-state index contributed by atoms with van der Waals surface area (Å²) in [5.74, 6) is -0.546. The Hall–Kier alpha value is -0.426. The molecule has 0 aliphatic rings. The molecule has 0 unspecified atom stereocenters. The molecule has 0 aromatic rings. The minimum atomic E-state index is -0.273. The zero-order chi connectivity index (χ0) is 17.1. The molecule has 0 aromatic heterocycles. The van der Waals surface area contributed by atoms with Crippen molar-refractivity contribution in [2.75, 3.05) is 13.2 Å². The second-order valence-corrected chi connectivity index (χ2v) is 3.87. The Morgan fingerprint density at radius 1 is 0.857 bits per heavy atom. The van der Waals surface area contributed by atoms with E-state index in [1.54, 1.807) is 27.7 Å². The van der Waals surface area contributed by atoms with Crippen molar-refractivity contribution in [3.63, 3.8) is 0 Å². The number of aliphatic hydroxyl groups excluding tert-OH is 2. The molecule has 0 saturated heterocycles. The fraction of sp³-hybridized carbons (Fsp3) is 0.714. The topological polar surface area (TPSA) is 93.1 Å². The van der Waals surface area contributed by atoms with Crippen LogP contribution in [0.1, 0.15) is 41.5 Å². The zero-order valence-corrected chi connectivity index (χ0v) is 15.6. The van der Waals surface area contributed by atoms with Gasteiger partial charge in [0.05, 0.1) is 0 Å². The van der Waals surface area contributed by atoms with E-state index in [2.05, 4.69) is 23.3 Å². The standard InChI is InChI=1S/2C4H7O2.2C3H8O.Ti/c2*1-3-6-4(2)5;2*1-3(2)4;/h2*1,3H2,2H3;2*3-4H,1-2H3;/q2*-1;;;+2. The molecular formula is C14H30O6Ti.